The van der Waals surface area contributed by atoms with E-state index < -0.39 is 24.5 Å². The summed E-state index contributed by atoms with van der Waals surface area (Å²) in [5.41, 5.74) is 0. The van der Waals surface area contributed by atoms with Crippen molar-refractivity contribution in [2.24, 2.45) is 0 Å². The zero-order chi connectivity index (χ0) is 39.0. The van der Waals surface area contributed by atoms with Gasteiger partial charge in [0.15, 0.2) is 0 Å². The van der Waals surface area contributed by atoms with E-state index in [4.69, 9.17) is 14.9 Å². The first-order valence-corrected chi connectivity index (χ1v) is 22.1. The van der Waals surface area contributed by atoms with Gasteiger partial charge in [-0.05, 0) is 57.8 Å². The molecule has 0 saturated carbocycles. The van der Waals surface area contributed by atoms with Gasteiger partial charge in [-0.2, -0.15) is 0 Å². The maximum absolute atomic E-state index is 12.8. The van der Waals surface area contributed by atoms with Crippen molar-refractivity contribution in [1.82, 2.24) is 10.6 Å². The average Bonchev–Trinajstić information content (AvgIpc) is 3.14. The van der Waals surface area contributed by atoms with Gasteiger partial charge in [0.05, 0.1) is 13.2 Å². The third-order valence-electron chi connectivity index (χ3n) is 10.0. The first kappa shape index (κ1) is 50.6. The molecule has 0 aliphatic carbocycles. The Balaban J connectivity index is 4.30. The molecule has 0 bridgehead atoms. The number of aliphatic hydroxyl groups is 1. The summed E-state index contributed by atoms with van der Waals surface area (Å²) in [6, 6.07) is -1.38. The topological polar surface area (TPSA) is 142 Å². The van der Waals surface area contributed by atoms with E-state index in [0.29, 0.717) is 19.3 Å². The van der Waals surface area contributed by atoms with Gasteiger partial charge in [-0.3, -0.25) is 14.4 Å². The first-order valence-electron chi connectivity index (χ1n) is 22.1. The number of amides is 2. The zero-order valence-corrected chi connectivity index (χ0v) is 34.3. The molecule has 0 rings (SSSR count). The number of aliphatic carboxylic acids is 1. The van der Waals surface area contributed by atoms with Crippen molar-refractivity contribution in [2.75, 3.05) is 13.2 Å². The van der Waals surface area contributed by atoms with Crippen molar-refractivity contribution in [3.05, 3.63) is 12.2 Å². The Labute approximate surface area is 324 Å². The van der Waals surface area contributed by atoms with Gasteiger partial charge in [0.25, 0.3) is 0 Å². The smallest absolute Gasteiger partial charge is 0.328 e. The third-order valence-corrected chi connectivity index (χ3v) is 10.0. The molecule has 0 aromatic carbocycles. The molecule has 0 radical (unpaired) electrons. The highest BCUT2D eigenvalue weighted by Gasteiger charge is 2.19. The van der Waals surface area contributed by atoms with Crippen LogP contribution in [-0.4, -0.2) is 59.3 Å². The van der Waals surface area contributed by atoms with Crippen LogP contribution in [0.15, 0.2) is 12.2 Å². The minimum absolute atomic E-state index is 0.0113. The number of carbonyl (C=O) groups excluding carboxylic acids is 3. The van der Waals surface area contributed by atoms with Gasteiger partial charge in [0.1, 0.15) is 12.1 Å². The highest BCUT2D eigenvalue weighted by Crippen LogP contribution is 2.19. The molecule has 0 spiro atoms. The van der Waals surface area contributed by atoms with E-state index in [1.807, 2.05) is 0 Å². The first-order chi connectivity index (χ1) is 25.8. The number of carbonyl (C=O) groups is 4. The molecule has 9 heteroatoms. The average molecular weight is 751 g/mol. The van der Waals surface area contributed by atoms with Crippen LogP contribution in [0.4, 0.5) is 0 Å². The van der Waals surface area contributed by atoms with Crippen molar-refractivity contribution < 1.29 is 34.1 Å². The predicted molar refractivity (Wildman–Crippen MR) is 218 cm³/mol. The lowest BCUT2D eigenvalue weighted by Gasteiger charge is -2.18. The van der Waals surface area contributed by atoms with Crippen LogP contribution in [0.1, 0.15) is 219 Å². The van der Waals surface area contributed by atoms with Gasteiger partial charge in [0, 0.05) is 12.8 Å². The number of carboxylic acid groups (broad SMARTS) is 1. The molecule has 0 fully saturated rings. The quantitative estimate of drug-likeness (QED) is 0.0277. The van der Waals surface area contributed by atoms with E-state index in [1.165, 1.54) is 122 Å². The highest BCUT2D eigenvalue weighted by atomic mass is 16.5. The number of rotatable bonds is 40. The Bertz CT molecular complexity index is 910. The van der Waals surface area contributed by atoms with Crippen molar-refractivity contribution >= 4 is 23.8 Å². The molecule has 0 heterocycles. The number of aliphatic hydroxyl groups excluding tert-OH is 1. The SMILES string of the molecule is CCCC/C=C\CCCCCCCC(=O)OC(CCCCCCCCCCCCCCCC)CCCCCCCC(=O)NCC(=O)NC(CO)C(=O)O. The van der Waals surface area contributed by atoms with E-state index in [9.17, 15) is 19.2 Å². The molecule has 0 aromatic heterocycles. The summed E-state index contributed by atoms with van der Waals surface area (Å²) in [5, 5.41) is 22.6. The summed E-state index contributed by atoms with van der Waals surface area (Å²) in [5.74, 6) is -2.29. The number of ether oxygens (including phenoxy) is 1. The van der Waals surface area contributed by atoms with E-state index in [1.54, 1.807) is 0 Å². The summed E-state index contributed by atoms with van der Waals surface area (Å²) >= 11 is 0. The van der Waals surface area contributed by atoms with E-state index >= 15 is 0 Å². The van der Waals surface area contributed by atoms with Crippen LogP contribution in [-0.2, 0) is 23.9 Å². The molecular formula is C44H82N2O7. The fourth-order valence-corrected chi connectivity index (χ4v) is 6.58. The molecule has 310 valence electrons. The second kappa shape index (κ2) is 39.3. The van der Waals surface area contributed by atoms with Crippen LogP contribution >= 0.6 is 0 Å². The third kappa shape index (κ3) is 36.3. The molecule has 0 aliphatic rings. The number of carboxylic acids is 1. The van der Waals surface area contributed by atoms with E-state index in [0.717, 1.165) is 64.2 Å². The molecular weight excluding hydrogens is 668 g/mol. The molecule has 2 amide bonds. The fourth-order valence-electron chi connectivity index (χ4n) is 6.58. The van der Waals surface area contributed by atoms with Crippen molar-refractivity contribution in [2.45, 2.75) is 231 Å². The van der Waals surface area contributed by atoms with Crippen LogP contribution in [0.3, 0.4) is 0 Å². The summed E-state index contributed by atoms with van der Waals surface area (Å²) in [6.45, 7) is 3.46. The van der Waals surface area contributed by atoms with Crippen molar-refractivity contribution in [3.63, 3.8) is 0 Å². The monoisotopic (exact) mass is 751 g/mol. The molecule has 0 saturated heterocycles. The Kier molecular flexibility index (Phi) is 37.5. The minimum atomic E-state index is -1.38. The van der Waals surface area contributed by atoms with Crippen LogP contribution in [0, 0.1) is 0 Å². The number of allylic oxidation sites excluding steroid dienone is 2. The molecule has 2 atom stereocenters. The van der Waals surface area contributed by atoms with Gasteiger partial charge >= 0.3 is 11.9 Å². The van der Waals surface area contributed by atoms with Gasteiger partial charge in [-0.1, -0.05) is 161 Å². The lowest BCUT2D eigenvalue weighted by atomic mass is 10.0. The van der Waals surface area contributed by atoms with Crippen LogP contribution in [0.5, 0.6) is 0 Å². The zero-order valence-electron chi connectivity index (χ0n) is 34.3. The van der Waals surface area contributed by atoms with Gasteiger partial charge in [0.2, 0.25) is 11.8 Å². The molecule has 53 heavy (non-hydrogen) atoms. The normalized spacial score (nSPS) is 12.5. The fraction of sp³-hybridized carbons (Fsp3) is 0.864. The maximum Gasteiger partial charge on any atom is 0.328 e. The number of hydrogen-bond donors (Lipinski definition) is 4. The number of esters is 1. The van der Waals surface area contributed by atoms with E-state index in [2.05, 4.69) is 36.6 Å². The number of unbranched alkanes of at least 4 members (excludes halogenated alkanes) is 24. The van der Waals surface area contributed by atoms with Crippen LogP contribution in [0.25, 0.3) is 0 Å². The van der Waals surface area contributed by atoms with Gasteiger partial charge < -0.3 is 25.6 Å². The summed E-state index contributed by atoms with van der Waals surface area (Å²) in [7, 11) is 0. The lowest BCUT2D eigenvalue weighted by Crippen LogP contribution is -2.47. The maximum atomic E-state index is 12.8. The largest absolute Gasteiger partial charge is 0.480 e. The molecule has 9 nitrogen and oxygen atoms in total. The Morgan fingerprint density at radius 3 is 1.47 bits per heavy atom. The summed E-state index contributed by atoms with van der Waals surface area (Å²) in [4.78, 5) is 47.5. The molecule has 4 N–H and O–H groups in total. The Hall–Kier alpha value is -2.42. The number of hydrogen-bond acceptors (Lipinski definition) is 6. The minimum Gasteiger partial charge on any atom is -0.480 e. The Morgan fingerprint density at radius 1 is 0.547 bits per heavy atom. The second-order valence-corrected chi connectivity index (χ2v) is 15.1. The van der Waals surface area contributed by atoms with E-state index in [-0.39, 0.29) is 24.5 Å². The Morgan fingerprint density at radius 2 is 0.981 bits per heavy atom. The molecule has 0 aliphatic heterocycles. The van der Waals surface area contributed by atoms with Crippen LogP contribution in [0.2, 0.25) is 0 Å². The van der Waals surface area contributed by atoms with Gasteiger partial charge in [-0.15, -0.1) is 0 Å². The standard InChI is InChI=1S/C44H82N2O7/c1-3-5-7-9-11-13-15-16-17-19-20-22-25-29-33-39(53-43(50)36-32-28-23-21-18-14-12-10-8-6-4-2)34-30-26-24-27-31-35-41(48)45-37-42(49)46-40(38-47)44(51)52/h10,12,39-40,47H,3-9,11,13-38H2,1-2H3,(H,45,48)(H,46,49)(H,51,52)/b12-10-. The van der Waals surface area contributed by atoms with Crippen molar-refractivity contribution in [1.29, 1.82) is 0 Å². The highest BCUT2D eigenvalue weighted by molar-refractivity contribution is 5.87. The predicted octanol–water partition coefficient (Wildman–Crippen LogP) is 10.7. The number of nitrogens with one attached hydrogen (secondary N) is 2. The second-order valence-electron chi connectivity index (χ2n) is 15.1. The summed E-state index contributed by atoms with van der Waals surface area (Å²) in [6.07, 6.45) is 40.9. The van der Waals surface area contributed by atoms with Crippen LogP contribution < -0.4 is 10.6 Å². The van der Waals surface area contributed by atoms with Gasteiger partial charge in [-0.25, -0.2) is 4.79 Å². The van der Waals surface area contributed by atoms with Crippen molar-refractivity contribution in [3.8, 4) is 0 Å². The molecule has 2 unspecified atom stereocenters. The lowest BCUT2D eigenvalue weighted by molar-refractivity contribution is -0.150. The summed E-state index contributed by atoms with van der Waals surface area (Å²) < 4.78 is 6.03. The molecule has 0 aromatic rings.